The largest absolute Gasteiger partial charge is 0.379 e. The molecule has 0 fully saturated rings. The second-order valence-corrected chi connectivity index (χ2v) is 9.89. The zero-order valence-electron chi connectivity index (χ0n) is 21.8. The summed E-state index contributed by atoms with van der Waals surface area (Å²) >= 11 is 4.25. The van der Waals surface area contributed by atoms with E-state index in [2.05, 4.69) is 33.6 Å². The van der Waals surface area contributed by atoms with E-state index < -0.39 is 0 Å². The molecule has 0 atom stereocenters. The molecule has 0 saturated carbocycles. The van der Waals surface area contributed by atoms with E-state index >= 15 is 0 Å². The lowest BCUT2D eigenvalue weighted by Crippen LogP contribution is -2.43. The fourth-order valence-corrected chi connectivity index (χ4v) is 3.75. The zero-order chi connectivity index (χ0) is 23.6. The maximum atomic E-state index is 5.70. The van der Waals surface area contributed by atoms with Gasteiger partial charge in [-0.3, -0.25) is 0 Å². The fourth-order valence-electron chi connectivity index (χ4n) is 3.53. The first-order valence-corrected chi connectivity index (χ1v) is 14.0. The Morgan fingerprint density at radius 3 is 1.41 bits per heavy atom. The van der Waals surface area contributed by atoms with Crippen LogP contribution in [0.3, 0.4) is 0 Å². The monoisotopic (exact) mass is 478 g/mol. The molecule has 32 heavy (non-hydrogen) atoms. The lowest BCUT2D eigenvalue weighted by atomic mass is 10.1. The van der Waals surface area contributed by atoms with Crippen molar-refractivity contribution in [2.24, 2.45) is 0 Å². The summed E-state index contributed by atoms with van der Waals surface area (Å²) in [4.78, 5) is 0. The molecule has 0 aliphatic rings. The summed E-state index contributed by atoms with van der Waals surface area (Å²) in [5, 5.41) is 0. The Kier molecular flexibility index (Phi) is 25.9. The van der Waals surface area contributed by atoms with Crippen molar-refractivity contribution in [3.8, 4) is 0 Å². The molecular weight excluding hydrogens is 422 g/mol. The molecule has 5 nitrogen and oxygen atoms in total. The van der Waals surface area contributed by atoms with Gasteiger partial charge in [-0.15, -0.1) is 0 Å². The Bertz CT molecular complexity index is 359. The van der Waals surface area contributed by atoms with Crippen molar-refractivity contribution in [1.29, 1.82) is 0 Å². The maximum Gasteiger partial charge on any atom is 0.102 e. The number of hydrogen-bond donors (Lipinski definition) is 1. The van der Waals surface area contributed by atoms with Crippen LogP contribution in [0.2, 0.25) is 0 Å². The molecule has 0 aliphatic carbocycles. The van der Waals surface area contributed by atoms with Gasteiger partial charge in [0, 0.05) is 6.61 Å². The van der Waals surface area contributed by atoms with Crippen LogP contribution in [0.15, 0.2) is 0 Å². The Labute approximate surface area is 205 Å². The molecular formula is C26H56NO4S+. The van der Waals surface area contributed by atoms with Crippen LogP contribution in [0, 0.1) is 0 Å². The Balaban J connectivity index is 3.13. The smallest absolute Gasteiger partial charge is 0.102 e. The van der Waals surface area contributed by atoms with Gasteiger partial charge < -0.3 is 23.4 Å². The fraction of sp³-hybridized carbons (Fsp3) is 1.00. The van der Waals surface area contributed by atoms with Gasteiger partial charge in [-0.25, -0.2) is 0 Å². The van der Waals surface area contributed by atoms with Crippen molar-refractivity contribution in [2.75, 3.05) is 85.8 Å². The summed E-state index contributed by atoms with van der Waals surface area (Å²) < 4.78 is 23.5. The molecule has 0 amide bonds. The highest BCUT2D eigenvalue weighted by molar-refractivity contribution is 7.80. The first-order chi connectivity index (χ1) is 15.6. The van der Waals surface area contributed by atoms with Crippen molar-refractivity contribution < 1.29 is 23.4 Å². The lowest BCUT2D eigenvalue weighted by molar-refractivity contribution is -0.891. The SMILES string of the molecule is CCCCC[N+](C)(C)CCOCCOCCOCCOCCCCCCCCCCCS. The summed E-state index contributed by atoms with van der Waals surface area (Å²) in [5.41, 5.74) is 0. The number of hydrogen-bond acceptors (Lipinski definition) is 5. The van der Waals surface area contributed by atoms with Crippen LogP contribution in [0.4, 0.5) is 0 Å². The van der Waals surface area contributed by atoms with Crippen molar-refractivity contribution in [1.82, 2.24) is 0 Å². The second kappa shape index (κ2) is 25.8. The highest BCUT2D eigenvalue weighted by Gasteiger charge is 2.13. The van der Waals surface area contributed by atoms with Gasteiger partial charge in [-0.05, 0) is 31.4 Å². The van der Waals surface area contributed by atoms with Crippen LogP contribution in [0.25, 0.3) is 0 Å². The molecule has 0 heterocycles. The van der Waals surface area contributed by atoms with E-state index in [4.69, 9.17) is 18.9 Å². The molecule has 0 aromatic carbocycles. The van der Waals surface area contributed by atoms with Crippen molar-refractivity contribution in [3.63, 3.8) is 0 Å². The van der Waals surface area contributed by atoms with Crippen molar-refractivity contribution >= 4 is 12.6 Å². The minimum absolute atomic E-state index is 0.622. The Morgan fingerprint density at radius 1 is 0.469 bits per heavy atom. The van der Waals surface area contributed by atoms with Crippen LogP contribution in [0.5, 0.6) is 0 Å². The Morgan fingerprint density at radius 2 is 0.906 bits per heavy atom. The molecule has 0 N–H and O–H groups in total. The second-order valence-electron chi connectivity index (χ2n) is 9.45. The highest BCUT2D eigenvalue weighted by Crippen LogP contribution is 2.10. The normalized spacial score (nSPS) is 12.0. The van der Waals surface area contributed by atoms with Crippen LogP contribution in [-0.4, -0.2) is 90.3 Å². The molecule has 0 unspecified atom stereocenters. The van der Waals surface area contributed by atoms with E-state index in [0.29, 0.717) is 39.6 Å². The number of rotatable bonds is 27. The molecule has 0 aromatic rings. The minimum Gasteiger partial charge on any atom is -0.379 e. The van der Waals surface area contributed by atoms with Gasteiger partial charge in [0.2, 0.25) is 0 Å². The first kappa shape index (κ1) is 32.1. The third-order valence-corrected chi connectivity index (χ3v) is 6.09. The molecule has 194 valence electrons. The molecule has 0 bridgehead atoms. The van der Waals surface area contributed by atoms with Gasteiger partial charge in [-0.2, -0.15) is 12.6 Å². The van der Waals surface area contributed by atoms with Crippen LogP contribution in [-0.2, 0) is 18.9 Å². The number of nitrogens with zero attached hydrogens (tertiary/aromatic N) is 1. The Hall–Kier alpha value is 0.150. The summed E-state index contributed by atoms with van der Waals surface area (Å²) in [6.07, 6.45) is 15.8. The van der Waals surface area contributed by atoms with E-state index in [1.807, 2.05) is 0 Å². The lowest BCUT2D eigenvalue weighted by Gasteiger charge is -2.29. The number of unbranched alkanes of at least 4 members (excludes halogenated alkanes) is 10. The van der Waals surface area contributed by atoms with Crippen LogP contribution in [0.1, 0.15) is 84.0 Å². The van der Waals surface area contributed by atoms with Crippen LogP contribution < -0.4 is 0 Å². The van der Waals surface area contributed by atoms with Gasteiger partial charge in [0.25, 0.3) is 0 Å². The summed E-state index contributed by atoms with van der Waals surface area (Å²) in [7, 11) is 4.57. The van der Waals surface area contributed by atoms with Crippen molar-refractivity contribution in [3.05, 3.63) is 0 Å². The molecule has 0 spiro atoms. The molecule has 0 aromatic heterocycles. The van der Waals surface area contributed by atoms with Gasteiger partial charge >= 0.3 is 0 Å². The summed E-state index contributed by atoms with van der Waals surface area (Å²) in [6, 6.07) is 0. The maximum absolute atomic E-state index is 5.70. The van der Waals surface area contributed by atoms with Gasteiger partial charge in [0.15, 0.2) is 0 Å². The van der Waals surface area contributed by atoms with Gasteiger partial charge in [-0.1, -0.05) is 58.3 Å². The molecule has 6 heteroatoms. The third kappa shape index (κ3) is 26.4. The number of ether oxygens (including phenoxy) is 4. The van der Waals surface area contributed by atoms with Gasteiger partial charge in [0.1, 0.15) is 6.54 Å². The summed E-state index contributed by atoms with van der Waals surface area (Å²) in [6.45, 7) is 10.1. The average Bonchev–Trinajstić information content (AvgIpc) is 2.77. The third-order valence-electron chi connectivity index (χ3n) is 5.77. The van der Waals surface area contributed by atoms with E-state index in [-0.39, 0.29) is 0 Å². The molecule has 0 aliphatic heterocycles. The minimum atomic E-state index is 0.622. The summed E-state index contributed by atoms with van der Waals surface area (Å²) in [5.74, 6) is 1.03. The molecule has 0 rings (SSSR count). The number of quaternary nitrogens is 1. The molecule has 0 saturated heterocycles. The van der Waals surface area contributed by atoms with Crippen molar-refractivity contribution in [2.45, 2.75) is 84.0 Å². The van der Waals surface area contributed by atoms with E-state index in [1.165, 1.54) is 77.2 Å². The number of thiol groups is 1. The quantitative estimate of drug-likeness (QED) is 0.0925. The van der Waals surface area contributed by atoms with E-state index in [9.17, 15) is 0 Å². The van der Waals surface area contributed by atoms with E-state index in [0.717, 1.165) is 36.4 Å². The van der Waals surface area contributed by atoms with E-state index in [1.54, 1.807) is 0 Å². The number of likely N-dealkylation sites (N-methyl/N-ethyl adjacent to an activating group) is 1. The first-order valence-electron chi connectivity index (χ1n) is 13.4. The predicted octanol–water partition coefficient (Wildman–Crippen LogP) is 5.76. The highest BCUT2D eigenvalue weighted by atomic mass is 32.1. The van der Waals surface area contributed by atoms with Gasteiger partial charge in [0.05, 0.1) is 66.9 Å². The average molecular weight is 479 g/mol. The zero-order valence-corrected chi connectivity index (χ0v) is 22.7. The standard InChI is InChI=1S/C26H55NO4S/c1-4-5-13-16-27(2,3)17-19-29-21-23-31-25-24-30-22-20-28-18-14-11-9-7-6-8-10-12-15-26-32/h4-26H2,1-3H3/p+1. The predicted molar refractivity (Wildman–Crippen MR) is 140 cm³/mol. The van der Waals surface area contributed by atoms with Crippen LogP contribution >= 0.6 is 12.6 Å². The molecule has 0 radical (unpaired) electrons. The topological polar surface area (TPSA) is 36.9 Å².